The maximum Gasteiger partial charge on any atom is 0.338 e. The van der Waals surface area contributed by atoms with Crippen molar-refractivity contribution in [2.75, 3.05) is 13.7 Å². The van der Waals surface area contributed by atoms with Crippen LogP contribution in [-0.4, -0.2) is 40.3 Å². The summed E-state index contributed by atoms with van der Waals surface area (Å²) in [6.07, 6.45) is 8.64. The van der Waals surface area contributed by atoms with Gasteiger partial charge in [0.1, 0.15) is 12.3 Å². The number of aromatic nitrogens is 3. The van der Waals surface area contributed by atoms with Crippen molar-refractivity contribution < 1.29 is 23.0 Å². The number of aliphatic imine (C=N–C) groups is 1. The van der Waals surface area contributed by atoms with E-state index in [1.807, 2.05) is 16.3 Å². The van der Waals surface area contributed by atoms with Crippen molar-refractivity contribution in [3.63, 3.8) is 0 Å². The quantitative estimate of drug-likeness (QED) is 0.329. The fourth-order valence-electron chi connectivity index (χ4n) is 5.61. The average Bonchev–Trinajstić information content (AvgIpc) is 3.66. The minimum Gasteiger partial charge on any atom is -0.466 e. The average molecular weight is 574 g/mol. The number of rotatable bonds is 5. The molecule has 3 unspecified atom stereocenters. The Morgan fingerprint density at radius 1 is 1.28 bits per heavy atom. The summed E-state index contributed by atoms with van der Waals surface area (Å²) in [7, 11) is 1.28. The van der Waals surface area contributed by atoms with Gasteiger partial charge in [-0.05, 0) is 50.2 Å². The molecule has 8 nitrogen and oxygen atoms in total. The number of ether oxygens (including phenoxy) is 2. The van der Waals surface area contributed by atoms with Crippen molar-refractivity contribution in [2.24, 2.45) is 10.9 Å². The van der Waals surface area contributed by atoms with Crippen LogP contribution in [0.5, 0.6) is 0 Å². The zero-order valence-corrected chi connectivity index (χ0v) is 22.7. The van der Waals surface area contributed by atoms with Crippen LogP contribution in [0.1, 0.15) is 59.8 Å². The molecule has 4 heterocycles. The van der Waals surface area contributed by atoms with E-state index in [-0.39, 0.29) is 23.3 Å². The lowest BCUT2D eigenvalue weighted by Crippen LogP contribution is -2.38. The van der Waals surface area contributed by atoms with E-state index in [9.17, 15) is 13.6 Å². The summed E-state index contributed by atoms with van der Waals surface area (Å²) < 4.78 is 41.7. The molecule has 1 fully saturated rings. The van der Waals surface area contributed by atoms with Gasteiger partial charge in [-0.1, -0.05) is 17.7 Å². The van der Waals surface area contributed by atoms with Gasteiger partial charge in [-0.25, -0.2) is 23.2 Å². The van der Waals surface area contributed by atoms with Crippen molar-refractivity contribution in [1.29, 1.82) is 0 Å². The Kier molecular flexibility index (Phi) is 7.22. The van der Waals surface area contributed by atoms with Gasteiger partial charge in [0.25, 0.3) is 0 Å². The number of fused-ring (bicyclic) bond motifs is 1. The van der Waals surface area contributed by atoms with Crippen molar-refractivity contribution >= 4 is 34.7 Å². The Bertz CT molecular complexity index is 1470. The van der Waals surface area contributed by atoms with Crippen LogP contribution in [0.3, 0.4) is 0 Å². The molecule has 1 N–H and O–H groups in total. The predicted molar refractivity (Wildman–Crippen MR) is 142 cm³/mol. The number of esters is 1. The largest absolute Gasteiger partial charge is 0.466 e. The standard InChI is InChI=1S/C27H26ClF2N5O3S/c1-37-27(36)20-23(14-5-8-18-15(12-14)13-32-35(18)19-4-2-3-10-38-19)33-25(26-31-9-11-39-26)34-24(20)16-6-7-17(29)22(30)21(16)28/h6-7,9,11,13-14,19,24H,2-5,8,10,12H2,1H3,(H,33,34). The lowest BCUT2D eigenvalue weighted by Gasteiger charge is -2.33. The van der Waals surface area contributed by atoms with E-state index in [0.717, 1.165) is 56.0 Å². The number of hydrogen-bond donors (Lipinski definition) is 1. The molecule has 39 heavy (non-hydrogen) atoms. The molecule has 0 spiro atoms. The van der Waals surface area contributed by atoms with Crippen LogP contribution < -0.4 is 5.32 Å². The number of carbonyl (C=O) groups is 1. The summed E-state index contributed by atoms with van der Waals surface area (Å²) in [6.45, 7) is 0.730. The second-order valence-corrected chi connectivity index (χ2v) is 11.0. The number of hydrogen-bond acceptors (Lipinski definition) is 8. The fourth-order valence-corrected chi connectivity index (χ4v) is 6.45. The highest BCUT2D eigenvalue weighted by molar-refractivity contribution is 7.11. The number of nitrogens with zero attached hydrogens (tertiary/aromatic N) is 4. The third kappa shape index (κ3) is 4.76. The van der Waals surface area contributed by atoms with E-state index >= 15 is 0 Å². The topological polar surface area (TPSA) is 90.6 Å². The van der Waals surface area contributed by atoms with Crippen LogP contribution in [0.2, 0.25) is 5.02 Å². The number of halogens is 3. The molecule has 0 radical (unpaired) electrons. The molecule has 1 saturated heterocycles. The molecule has 12 heteroatoms. The monoisotopic (exact) mass is 573 g/mol. The van der Waals surface area contributed by atoms with Crippen molar-refractivity contribution in [3.05, 3.63) is 79.7 Å². The normalized spacial score (nSPS) is 23.2. The Hall–Kier alpha value is -3.15. The minimum absolute atomic E-state index is 0.0553. The Labute approximate surface area is 232 Å². The van der Waals surface area contributed by atoms with Crippen molar-refractivity contribution in [3.8, 4) is 0 Å². The third-order valence-corrected chi connectivity index (χ3v) is 8.66. The van der Waals surface area contributed by atoms with Gasteiger partial charge in [-0.2, -0.15) is 5.10 Å². The van der Waals surface area contributed by atoms with Crippen LogP contribution in [-0.2, 0) is 27.1 Å². The maximum atomic E-state index is 14.6. The SMILES string of the molecule is COC(=O)C1=C(C2CCc3c(cnn3C3CCCCO3)C2)NC(c2nccs2)=NC1c1ccc(F)c(F)c1Cl. The van der Waals surface area contributed by atoms with Crippen LogP contribution in [0.25, 0.3) is 0 Å². The summed E-state index contributed by atoms with van der Waals surface area (Å²) in [5.41, 5.74) is 3.22. The molecule has 0 saturated carbocycles. The first-order valence-electron chi connectivity index (χ1n) is 12.8. The Morgan fingerprint density at radius 3 is 2.90 bits per heavy atom. The molecule has 0 bridgehead atoms. The van der Waals surface area contributed by atoms with E-state index in [1.165, 1.54) is 24.5 Å². The zero-order chi connectivity index (χ0) is 27.1. The molecule has 0 amide bonds. The molecule has 3 aliphatic rings. The maximum absolute atomic E-state index is 14.6. The highest BCUT2D eigenvalue weighted by Crippen LogP contribution is 2.42. The molecular formula is C27H26ClF2N5O3S. The number of allylic oxidation sites excluding steroid dienone is 1. The van der Waals surface area contributed by atoms with E-state index in [2.05, 4.69) is 15.4 Å². The minimum atomic E-state index is -1.19. The summed E-state index contributed by atoms with van der Waals surface area (Å²) in [6, 6.07) is 1.32. The van der Waals surface area contributed by atoms with Gasteiger partial charge in [0.2, 0.25) is 0 Å². The number of methoxy groups -OCH3 is 1. The number of amidine groups is 1. The molecule has 2 aliphatic heterocycles. The van der Waals surface area contributed by atoms with Gasteiger partial charge in [-0.15, -0.1) is 11.3 Å². The summed E-state index contributed by atoms with van der Waals surface area (Å²) in [5, 5.41) is 9.99. The third-order valence-electron chi connectivity index (χ3n) is 7.49. The lowest BCUT2D eigenvalue weighted by molar-refractivity contribution is -0.136. The van der Waals surface area contributed by atoms with Gasteiger partial charge >= 0.3 is 5.97 Å². The summed E-state index contributed by atoms with van der Waals surface area (Å²) >= 11 is 7.65. The number of benzene rings is 1. The number of carbonyl (C=O) groups excluding carboxylic acids is 1. The number of thiazole rings is 1. The van der Waals surface area contributed by atoms with Gasteiger partial charge in [0, 0.05) is 41.1 Å². The van der Waals surface area contributed by atoms with E-state index in [0.29, 0.717) is 23.0 Å². The number of nitrogens with one attached hydrogen (secondary N) is 1. The lowest BCUT2D eigenvalue weighted by atomic mass is 9.81. The highest BCUT2D eigenvalue weighted by atomic mass is 35.5. The first-order valence-corrected chi connectivity index (χ1v) is 14.1. The summed E-state index contributed by atoms with van der Waals surface area (Å²) in [4.78, 5) is 22.4. The van der Waals surface area contributed by atoms with Gasteiger partial charge in [-0.3, -0.25) is 4.99 Å². The Balaban J connectivity index is 1.43. The Morgan fingerprint density at radius 2 is 2.15 bits per heavy atom. The first-order chi connectivity index (χ1) is 19.0. The van der Waals surface area contributed by atoms with Crippen LogP contribution in [0, 0.1) is 17.6 Å². The molecule has 204 valence electrons. The van der Waals surface area contributed by atoms with Crippen LogP contribution >= 0.6 is 22.9 Å². The van der Waals surface area contributed by atoms with E-state index in [1.54, 1.807) is 6.20 Å². The highest BCUT2D eigenvalue weighted by Gasteiger charge is 2.39. The molecular weight excluding hydrogens is 548 g/mol. The molecule has 3 aromatic rings. The molecule has 2 aromatic heterocycles. The molecule has 1 aromatic carbocycles. The zero-order valence-electron chi connectivity index (χ0n) is 21.1. The fraction of sp³-hybridized carbons (Fsp3) is 0.407. The smallest absolute Gasteiger partial charge is 0.338 e. The second-order valence-electron chi connectivity index (χ2n) is 9.75. The predicted octanol–water partition coefficient (Wildman–Crippen LogP) is 5.29. The second kappa shape index (κ2) is 10.8. The molecule has 1 aliphatic carbocycles. The van der Waals surface area contributed by atoms with E-state index < -0.39 is 28.7 Å². The van der Waals surface area contributed by atoms with Crippen LogP contribution in [0.15, 0.2) is 46.2 Å². The van der Waals surface area contributed by atoms with E-state index in [4.69, 9.17) is 26.1 Å². The summed E-state index contributed by atoms with van der Waals surface area (Å²) in [5.74, 6) is -2.58. The van der Waals surface area contributed by atoms with Crippen molar-refractivity contribution in [1.82, 2.24) is 20.1 Å². The van der Waals surface area contributed by atoms with Gasteiger partial charge in [0.15, 0.2) is 22.5 Å². The first kappa shape index (κ1) is 26.1. The van der Waals surface area contributed by atoms with Gasteiger partial charge in [0.05, 0.1) is 23.9 Å². The van der Waals surface area contributed by atoms with Gasteiger partial charge < -0.3 is 14.8 Å². The molecule has 6 rings (SSSR count). The van der Waals surface area contributed by atoms with Crippen LogP contribution in [0.4, 0.5) is 8.78 Å². The van der Waals surface area contributed by atoms with Crippen molar-refractivity contribution in [2.45, 2.75) is 50.8 Å². The molecule has 3 atom stereocenters.